The fourth-order valence-corrected chi connectivity index (χ4v) is 18.9. The Morgan fingerprint density at radius 1 is 0.283 bits per heavy atom. The van der Waals surface area contributed by atoms with Gasteiger partial charge in [0.25, 0.3) is 0 Å². The summed E-state index contributed by atoms with van der Waals surface area (Å²) < 4.78 is 131. The second kappa shape index (κ2) is 43.9. The second-order valence-corrected chi connectivity index (χ2v) is 35.6. The van der Waals surface area contributed by atoms with Crippen molar-refractivity contribution in [2.24, 2.45) is 25.0 Å². The van der Waals surface area contributed by atoms with Gasteiger partial charge in [0.1, 0.15) is 35.3 Å². The molecule has 0 aliphatic heterocycles. The van der Waals surface area contributed by atoms with E-state index >= 15 is 0 Å². The van der Waals surface area contributed by atoms with Crippen LogP contribution in [0.3, 0.4) is 0 Å². The lowest BCUT2D eigenvalue weighted by Gasteiger charge is -2.26. The maximum Gasteiger partial charge on any atom is 0.459 e. The molecule has 0 amide bonds. The summed E-state index contributed by atoms with van der Waals surface area (Å²) in [5.74, 6) is -11.5. The van der Waals surface area contributed by atoms with E-state index in [1.807, 2.05) is 194 Å². The molecule has 0 aliphatic carbocycles. The topological polar surface area (TPSA) is 163 Å². The highest BCUT2D eigenvalue weighted by molar-refractivity contribution is 6.21. The van der Waals surface area contributed by atoms with E-state index in [1.165, 1.54) is 99.2 Å². The molecule has 0 heterocycles. The monoisotopic (exact) mass is 1940 g/mol. The summed E-state index contributed by atoms with van der Waals surface area (Å²) in [5, 5.41) is 75.7. The van der Waals surface area contributed by atoms with Gasteiger partial charge in [-0.25, -0.2) is 0 Å². The van der Waals surface area contributed by atoms with Gasteiger partial charge in [-0.1, -0.05) is 299 Å². The van der Waals surface area contributed by atoms with Crippen LogP contribution in [0.5, 0.6) is 28.7 Å². The van der Waals surface area contributed by atoms with Gasteiger partial charge in [-0.2, -0.15) is 43.9 Å². The number of benzene rings is 20. The van der Waals surface area contributed by atoms with Crippen molar-refractivity contribution >= 4 is 139 Å². The number of aryl methyl sites for hydroxylation is 4. The first-order chi connectivity index (χ1) is 69.9. The number of alkyl halides is 10. The number of aromatic hydroxyl groups is 5. The Kier molecular flexibility index (Phi) is 30.7. The minimum atomic E-state index is -6.43. The molecule has 20 heteroatoms. The van der Waals surface area contributed by atoms with E-state index in [-0.39, 0.29) is 39.7 Å². The Labute approximate surface area is 832 Å². The number of phenolic OH excluding ortho intramolecular Hbond substituents is 5. The fraction of sp³-hybridized carbons (Fsp3) is 0.144. The van der Waals surface area contributed by atoms with Crippen molar-refractivity contribution in [1.29, 1.82) is 0 Å². The first kappa shape index (κ1) is 101. The highest BCUT2D eigenvalue weighted by atomic mass is 19.4. The summed E-state index contributed by atoms with van der Waals surface area (Å²) in [6.45, 7) is 13.7. The Morgan fingerprint density at radius 2 is 0.579 bits per heavy atom. The fourth-order valence-electron chi connectivity index (χ4n) is 18.9. The molecule has 20 rings (SSSR count). The number of phenols is 5. The van der Waals surface area contributed by atoms with Crippen molar-refractivity contribution in [3.05, 3.63) is 402 Å². The summed E-state index contributed by atoms with van der Waals surface area (Å²) in [6.07, 6.45) is 2.68. The predicted molar refractivity (Wildman–Crippen MR) is 581 cm³/mol. The maximum atomic E-state index is 13.5. The van der Waals surface area contributed by atoms with Crippen LogP contribution in [0.1, 0.15) is 88.2 Å². The summed E-state index contributed by atoms with van der Waals surface area (Å²) in [6, 6.07) is 106. The molecular formula is C125H103F10N5O5. The highest BCUT2D eigenvalue weighted by Gasteiger charge is 2.72. The smallest absolute Gasteiger partial charge is 0.459 e. The Balaban J connectivity index is 0.000000130. The highest BCUT2D eigenvalue weighted by Crippen LogP contribution is 2.52. The average Bonchev–Trinajstić information content (AvgIpc) is 0.721. The number of rotatable bonds is 20. The molecule has 145 heavy (non-hydrogen) atoms. The zero-order valence-electron chi connectivity index (χ0n) is 80.6. The van der Waals surface area contributed by atoms with E-state index in [0.717, 1.165) is 145 Å². The molecule has 20 aromatic rings. The first-order valence-electron chi connectivity index (χ1n) is 47.4. The van der Waals surface area contributed by atoms with Gasteiger partial charge in [0.2, 0.25) is 0 Å². The van der Waals surface area contributed by atoms with E-state index in [1.54, 1.807) is 31.6 Å². The summed E-state index contributed by atoms with van der Waals surface area (Å²) in [4.78, 5) is 19.8. The van der Waals surface area contributed by atoms with Gasteiger partial charge >= 0.3 is 24.2 Å². The van der Waals surface area contributed by atoms with Gasteiger partial charge in [0.15, 0.2) is 0 Å². The van der Waals surface area contributed by atoms with E-state index in [0.29, 0.717) is 40.8 Å². The molecule has 0 bridgehead atoms. The van der Waals surface area contributed by atoms with Crippen molar-refractivity contribution in [1.82, 2.24) is 0 Å². The third-order valence-electron chi connectivity index (χ3n) is 26.0. The second-order valence-electron chi connectivity index (χ2n) is 35.6. The normalized spacial score (nSPS) is 12.1. The van der Waals surface area contributed by atoms with Crippen LogP contribution in [-0.4, -0.2) is 108 Å². The van der Waals surface area contributed by atoms with Gasteiger partial charge in [0.05, 0.1) is 12.1 Å². The summed E-state index contributed by atoms with van der Waals surface area (Å²) in [5.41, 5.74) is 13.7. The maximum absolute atomic E-state index is 13.5. The predicted octanol–water partition coefficient (Wildman–Crippen LogP) is 34.0. The summed E-state index contributed by atoms with van der Waals surface area (Å²) in [7, 11) is 3.17. The number of nitrogens with zero attached hydrogens (tertiary/aromatic N) is 5. The zero-order chi connectivity index (χ0) is 103. The molecular weight excluding hydrogens is 1840 g/mol. The number of hydrogen-bond acceptors (Lipinski definition) is 10. The molecule has 0 saturated heterocycles. The number of unbranched alkanes of at least 4 members (excludes halogenated alkanes) is 3. The van der Waals surface area contributed by atoms with Crippen LogP contribution in [0.15, 0.2) is 371 Å². The van der Waals surface area contributed by atoms with Gasteiger partial charge in [-0.3, -0.25) is 25.0 Å². The number of para-hydroxylation sites is 4. The summed E-state index contributed by atoms with van der Waals surface area (Å²) >= 11 is 0. The third-order valence-corrected chi connectivity index (χ3v) is 26.0. The van der Waals surface area contributed by atoms with E-state index < -0.39 is 36.3 Å². The molecule has 5 N–H and O–H groups in total. The molecule has 0 aromatic heterocycles. The van der Waals surface area contributed by atoms with Crippen LogP contribution in [-0.2, 0) is 6.18 Å². The third kappa shape index (κ3) is 21.2. The molecule has 10 nitrogen and oxygen atoms in total. The van der Waals surface area contributed by atoms with Gasteiger partial charge in [0, 0.05) is 135 Å². The largest absolute Gasteiger partial charge is 0.507 e. The quantitative estimate of drug-likeness (QED) is 0.0168. The van der Waals surface area contributed by atoms with Gasteiger partial charge in [-0.05, 0) is 231 Å². The first-order valence-corrected chi connectivity index (χ1v) is 47.4. The molecule has 0 fully saturated rings. The van der Waals surface area contributed by atoms with Crippen LogP contribution in [0.4, 0.5) is 43.9 Å². The van der Waals surface area contributed by atoms with Gasteiger partial charge < -0.3 is 25.5 Å². The van der Waals surface area contributed by atoms with Gasteiger partial charge in [-0.15, -0.1) is 6.58 Å². The molecule has 0 spiro atoms. The van der Waals surface area contributed by atoms with Crippen molar-refractivity contribution in [2.45, 2.75) is 84.5 Å². The minimum Gasteiger partial charge on any atom is -0.507 e. The molecule has 0 aliphatic rings. The lowest BCUT2D eigenvalue weighted by molar-refractivity contribution is -0.351. The van der Waals surface area contributed by atoms with E-state index in [9.17, 15) is 69.4 Å². The lowest BCUT2D eigenvalue weighted by Crippen LogP contribution is -2.53. The van der Waals surface area contributed by atoms with Crippen molar-refractivity contribution in [3.8, 4) is 84.4 Å². The zero-order valence-corrected chi connectivity index (χ0v) is 80.6. The van der Waals surface area contributed by atoms with Crippen LogP contribution in [0, 0.1) is 27.7 Å². The number of aliphatic imine (C=N–C) groups is 5. The molecule has 0 radical (unpaired) electrons. The molecule has 0 atom stereocenters. The van der Waals surface area contributed by atoms with E-state index in [4.69, 9.17) is 0 Å². The van der Waals surface area contributed by atoms with Crippen LogP contribution in [0.2, 0.25) is 0 Å². The number of halogens is 10. The molecule has 20 aromatic carbocycles. The van der Waals surface area contributed by atoms with Crippen LogP contribution in [0.25, 0.3) is 163 Å². The lowest BCUT2D eigenvalue weighted by atomic mass is 9.85. The molecule has 728 valence electrons. The number of fused-ring (bicyclic) bond motifs is 10. The standard InChI is InChI=1S/C27H27NO.C26H25NO.C25H16F7NO.C24H19NO.C23H16F3NO/c1-2-3-4-9-17-28-19-22-13-10-16-25(27(22)29)26-23-14-7-5-11-20(23)18-21-12-6-8-15-24(21)26;1-15-9-11-17(3)23-21(15)13-22-16(2)10-12-18(4)24(22)25(23)20-8-6-7-19(14-27-5)26(20)28;26-23(27,24(28,29)25(30,31)32)14-33-13-17-8-5-11-20(22(17)34)21-18-9-3-1-6-15(18)12-16-7-2-4-10-19(16)21;1-2-14-25-16-19-10-7-13-22(24(19)26)23-20-11-5-3-8-17(20)15-18-9-4-6-12-21(18)23;1-27-13-16-11-17(23(24,25)26)12-20(22(16)28)21-18-8-4-2-6-14(18)10-15-7-3-5-9-19(15)21/h5-8,10-16,18-19,29H,2-4,9,17H2,1H3;6-14,28H,1-5H3;1-13,34H,14H2;2-13,15-16,26H,1,14H2;2-13,28H,1H3. The van der Waals surface area contributed by atoms with E-state index in [2.05, 4.69) is 181 Å². The minimum absolute atomic E-state index is 0.0318. The Bertz CT molecular complexity index is 8190. The SMILES string of the molecule is C=CCN=Cc1cccc(-c2c3ccccc3cc3ccccc23)c1O.CCCCCCN=Cc1cccc(-c2c3ccccc3cc3ccccc23)c1O.CN=Cc1cc(C(F)(F)F)cc(-c2c3ccccc3cc3ccccc23)c1O.CN=Cc1cccc(-c2c3c(C)ccc(C)c3cc3c(C)ccc(C)c23)c1O.Oc1c(C=NCC(F)(F)C(F)(F)C(F)(F)F)cccc1-c1c2ccccc2cc2ccccc12. The molecule has 0 saturated carbocycles. The van der Waals surface area contributed by atoms with Crippen molar-refractivity contribution in [2.75, 3.05) is 33.7 Å². The Morgan fingerprint density at radius 3 is 0.903 bits per heavy atom. The van der Waals surface area contributed by atoms with Crippen molar-refractivity contribution in [3.63, 3.8) is 0 Å². The Hall–Kier alpha value is -16.6. The average molecular weight is 1950 g/mol. The van der Waals surface area contributed by atoms with Crippen LogP contribution >= 0.6 is 0 Å². The van der Waals surface area contributed by atoms with Crippen LogP contribution < -0.4 is 0 Å². The van der Waals surface area contributed by atoms with Crippen molar-refractivity contribution < 1.29 is 69.4 Å². The number of hydrogen-bond donors (Lipinski definition) is 5. The molecule has 0 unspecified atom stereocenters.